The average Bonchev–Trinajstić information content (AvgIpc) is 2.63. The van der Waals surface area contributed by atoms with E-state index in [0.717, 1.165) is 54.8 Å². The maximum atomic E-state index is 12.8. The van der Waals surface area contributed by atoms with Gasteiger partial charge in [0.15, 0.2) is 10.9 Å². The van der Waals surface area contributed by atoms with E-state index in [0.29, 0.717) is 23.2 Å². The SMILES string of the molecule is CCCOc1ccc(Cl)cc1C1NC(=S)N(CCC)C2=C1C(=O)CCC2. The van der Waals surface area contributed by atoms with Crippen molar-refractivity contribution in [2.45, 2.75) is 52.0 Å². The Balaban J connectivity index is 2.09. The molecule has 1 aromatic carbocycles. The van der Waals surface area contributed by atoms with Crippen LogP contribution in [0.4, 0.5) is 0 Å². The summed E-state index contributed by atoms with van der Waals surface area (Å²) in [4.78, 5) is 14.9. The van der Waals surface area contributed by atoms with Crippen LogP contribution in [0.15, 0.2) is 29.5 Å². The minimum Gasteiger partial charge on any atom is -0.493 e. The molecule has 1 aliphatic heterocycles. The first-order valence-electron chi connectivity index (χ1n) is 9.33. The number of carbonyl (C=O) groups is 1. The third kappa shape index (κ3) is 3.74. The fraction of sp³-hybridized carbons (Fsp3) is 0.500. The predicted molar refractivity (Wildman–Crippen MR) is 109 cm³/mol. The van der Waals surface area contributed by atoms with E-state index in [1.807, 2.05) is 18.2 Å². The molecule has 0 radical (unpaired) electrons. The molecule has 140 valence electrons. The Morgan fingerprint density at radius 1 is 1.31 bits per heavy atom. The van der Waals surface area contributed by atoms with Crippen molar-refractivity contribution in [2.24, 2.45) is 0 Å². The molecular formula is C20H25ClN2O2S. The molecule has 3 rings (SSSR count). The minimum absolute atomic E-state index is 0.189. The number of ether oxygens (including phenoxy) is 1. The molecule has 1 unspecified atom stereocenters. The number of allylic oxidation sites excluding steroid dienone is 1. The average molecular weight is 393 g/mol. The molecule has 0 saturated heterocycles. The van der Waals surface area contributed by atoms with E-state index in [-0.39, 0.29) is 11.8 Å². The maximum Gasteiger partial charge on any atom is 0.173 e. The molecule has 4 nitrogen and oxygen atoms in total. The summed E-state index contributed by atoms with van der Waals surface area (Å²) in [6, 6.07) is 5.28. The summed E-state index contributed by atoms with van der Waals surface area (Å²) in [5.74, 6) is 0.944. The zero-order valence-electron chi connectivity index (χ0n) is 15.3. The van der Waals surface area contributed by atoms with Crippen LogP contribution in [0.2, 0.25) is 5.02 Å². The number of hydrogen-bond donors (Lipinski definition) is 1. The Bertz CT molecular complexity index is 747. The number of benzene rings is 1. The molecule has 1 heterocycles. The quantitative estimate of drug-likeness (QED) is 0.706. The van der Waals surface area contributed by atoms with Gasteiger partial charge >= 0.3 is 0 Å². The van der Waals surface area contributed by atoms with E-state index in [1.165, 1.54) is 0 Å². The van der Waals surface area contributed by atoms with E-state index in [4.69, 9.17) is 28.6 Å². The van der Waals surface area contributed by atoms with Gasteiger partial charge in [-0.3, -0.25) is 4.79 Å². The van der Waals surface area contributed by atoms with Gasteiger partial charge in [-0.1, -0.05) is 25.4 Å². The van der Waals surface area contributed by atoms with Crippen LogP contribution in [-0.4, -0.2) is 28.9 Å². The van der Waals surface area contributed by atoms with Crippen LogP contribution < -0.4 is 10.1 Å². The molecule has 26 heavy (non-hydrogen) atoms. The summed E-state index contributed by atoms with van der Waals surface area (Å²) in [5, 5.41) is 4.68. The fourth-order valence-corrected chi connectivity index (χ4v) is 4.13. The van der Waals surface area contributed by atoms with E-state index in [9.17, 15) is 4.79 Å². The first-order chi connectivity index (χ1) is 12.6. The van der Waals surface area contributed by atoms with Crippen molar-refractivity contribution in [3.63, 3.8) is 0 Å². The minimum atomic E-state index is -0.302. The van der Waals surface area contributed by atoms with Crippen LogP contribution in [0.25, 0.3) is 0 Å². The summed E-state index contributed by atoms with van der Waals surface area (Å²) in [6.45, 7) is 5.62. The highest BCUT2D eigenvalue weighted by Gasteiger charge is 2.38. The molecule has 0 aromatic heterocycles. The molecule has 0 amide bonds. The molecule has 1 N–H and O–H groups in total. The van der Waals surface area contributed by atoms with Gasteiger partial charge in [-0.2, -0.15) is 0 Å². The number of rotatable bonds is 6. The number of thiocarbonyl (C=S) groups is 1. The van der Waals surface area contributed by atoms with Crippen LogP contribution >= 0.6 is 23.8 Å². The highest BCUT2D eigenvalue weighted by molar-refractivity contribution is 7.80. The summed E-state index contributed by atoms with van der Waals surface area (Å²) in [7, 11) is 0. The van der Waals surface area contributed by atoms with E-state index >= 15 is 0 Å². The standard InChI is InChI=1S/C20H25ClN2O2S/c1-3-10-23-15-6-5-7-16(24)18(15)19(22-20(23)26)14-12-13(21)8-9-17(14)25-11-4-2/h8-9,12,19H,3-7,10-11H2,1-2H3,(H,22,26). The molecule has 1 atom stereocenters. The van der Waals surface area contributed by atoms with Crippen molar-refractivity contribution >= 4 is 34.7 Å². The summed E-state index contributed by atoms with van der Waals surface area (Å²) >= 11 is 11.9. The van der Waals surface area contributed by atoms with Crippen molar-refractivity contribution in [1.29, 1.82) is 0 Å². The van der Waals surface area contributed by atoms with Crippen LogP contribution in [0.3, 0.4) is 0 Å². The largest absolute Gasteiger partial charge is 0.493 e. The first kappa shape index (κ1) is 19.2. The fourth-order valence-electron chi connectivity index (χ4n) is 3.63. The van der Waals surface area contributed by atoms with Gasteiger partial charge in [0, 0.05) is 34.8 Å². The molecule has 1 aromatic rings. The van der Waals surface area contributed by atoms with Gasteiger partial charge in [-0.15, -0.1) is 0 Å². The van der Waals surface area contributed by atoms with Crippen molar-refractivity contribution < 1.29 is 9.53 Å². The number of ketones is 1. The Kier molecular flexibility index (Phi) is 6.20. The lowest BCUT2D eigenvalue weighted by molar-refractivity contribution is -0.116. The normalized spacial score (nSPS) is 20.1. The molecular weight excluding hydrogens is 368 g/mol. The summed E-state index contributed by atoms with van der Waals surface area (Å²) in [5.41, 5.74) is 2.77. The van der Waals surface area contributed by atoms with Crippen molar-refractivity contribution in [3.05, 3.63) is 40.1 Å². The molecule has 0 bridgehead atoms. The van der Waals surface area contributed by atoms with Crippen LogP contribution in [-0.2, 0) is 4.79 Å². The molecule has 0 saturated carbocycles. The van der Waals surface area contributed by atoms with Gasteiger partial charge in [-0.05, 0) is 56.1 Å². The van der Waals surface area contributed by atoms with Crippen LogP contribution in [0, 0.1) is 0 Å². The van der Waals surface area contributed by atoms with E-state index in [1.54, 1.807) is 0 Å². The third-order valence-electron chi connectivity index (χ3n) is 4.75. The molecule has 1 aliphatic carbocycles. The lowest BCUT2D eigenvalue weighted by Crippen LogP contribution is -2.49. The Labute approximate surface area is 165 Å². The van der Waals surface area contributed by atoms with Gasteiger partial charge in [0.25, 0.3) is 0 Å². The lowest BCUT2D eigenvalue weighted by Gasteiger charge is -2.41. The molecule has 6 heteroatoms. The highest BCUT2D eigenvalue weighted by atomic mass is 35.5. The smallest absolute Gasteiger partial charge is 0.173 e. The Hall–Kier alpha value is -1.59. The highest BCUT2D eigenvalue weighted by Crippen LogP contribution is 2.41. The van der Waals surface area contributed by atoms with E-state index < -0.39 is 0 Å². The maximum absolute atomic E-state index is 12.8. The zero-order chi connectivity index (χ0) is 18.7. The summed E-state index contributed by atoms with van der Waals surface area (Å²) < 4.78 is 5.93. The molecule has 2 aliphatic rings. The van der Waals surface area contributed by atoms with Crippen molar-refractivity contribution in [1.82, 2.24) is 10.2 Å². The van der Waals surface area contributed by atoms with Crippen LogP contribution in [0.5, 0.6) is 5.75 Å². The number of nitrogens with one attached hydrogen (secondary N) is 1. The van der Waals surface area contributed by atoms with Crippen molar-refractivity contribution in [2.75, 3.05) is 13.2 Å². The third-order valence-corrected chi connectivity index (χ3v) is 5.32. The number of nitrogens with zero attached hydrogens (tertiary/aromatic N) is 1. The molecule has 0 spiro atoms. The topological polar surface area (TPSA) is 41.6 Å². The van der Waals surface area contributed by atoms with E-state index in [2.05, 4.69) is 24.1 Å². The second-order valence-corrected chi connectivity index (χ2v) is 7.52. The zero-order valence-corrected chi connectivity index (χ0v) is 16.9. The van der Waals surface area contributed by atoms with Gasteiger partial charge in [0.05, 0.1) is 12.6 Å². The van der Waals surface area contributed by atoms with Gasteiger partial charge in [0.2, 0.25) is 0 Å². The number of hydrogen-bond acceptors (Lipinski definition) is 3. The van der Waals surface area contributed by atoms with Gasteiger partial charge < -0.3 is 15.0 Å². The predicted octanol–water partition coefficient (Wildman–Crippen LogP) is 4.78. The monoisotopic (exact) mass is 392 g/mol. The van der Waals surface area contributed by atoms with Gasteiger partial charge in [0.1, 0.15) is 5.75 Å². The molecule has 0 fully saturated rings. The Morgan fingerprint density at radius 3 is 2.85 bits per heavy atom. The number of halogens is 1. The summed E-state index contributed by atoms with van der Waals surface area (Å²) in [6.07, 6.45) is 4.22. The second-order valence-electron chi connectivity index (χ2n) is 6.70. The number of Topliss-reactive ketones (excluding diaryl/α,β-unsaturated/α-hetero) is 1. The Morgan fingerprint density at radius 2 is 2.12 bits per heavy atom. The second kappa shape index (κ2) is 8.40. The first-order valence-corrected chi connectivity index (χ1v) is 10.1. The van der Waals surface area contributed by atoms with Crippen LogP contribution in [0.1, 0.15) is 57.6 Å². The van der Waals surface area contributed by atoms with Gasteiger partial charge in [-0.25, -0.2) is 0 Å². The lowest BCUT2D eigenvalue weighted by atomic mass is 9.84. The number of carbonyl (C=O) groups excluding carboxylic acids is 1. The van der Waals surface area contributed by atoms with Crippen molar-refractivity contribution in [3.8, 4) is 5.75 Å².